The number of benzene rings is 8. The molecule has 0 bridgehead atoms. The van der Waals surface area contributed by atoms with Gasteiger partial charge in [-0.1, -0.05) is 121 Å². The molecule has 0 atom stereocenters. The van der Waals surface area contributed by atoms with E-state index >= 15 is 0 Å². The van der Waals surface area contributed by atoms with E-state index in [-0.39, 0.29) is 0 Å². The molecule has 8 aromatic carbocycles. The van der Waals surface area contributed by atoms with Crippen LogP contribution in [0.1, 0.15) is 0 Å². The first kappa shape index (κ1) is 21.2. The predicted octanol–water partition coefficient (Wildman–Crippen LogP) is 10.8. The van der Waals surface area contributed by atoms with Gasteiger partial charge in [0.1, 0.15) is 0 Å². The fourth-order valence-electron chi connectivity index (χ4n) is 6.16. The molecule has 0 radical (unpaired) electrons. The smallest absolute Gasteiger partial charge is 0.00923 e. The molecule has 0 amide bonds. The summed E-state index contributed by atoms with van der Waals surface area (Å²) in [6.07, 6.45) is 0. The summed E-state index contributed by atoms with van der Waals surface area (Å²) >= 11 is 0. The maximum Gasteiger partial charge on any atom is -0.00923 e. The molecule has 0 aliphatic heterocycles. The topological polar surface area (TPSA) is 0 Å². The van der Waals surface area contributed by atoms with Gasteiger partial charge in [-0.15, -0.1) is 0 Å². The SMILES string of the molecule is c1ccc2cc3c(-c4cc5ccc6ccccc6c5cc4-c4cccc5ccccc45)cccc3cc2c1. The van der Waals surface area contributed by atoms with Crippen molar-refractivity contribution in [2.75, 3.05) is 0 Å². The van der Waals surface area contributed by atoms with Crippen molar-refractivity contribution < 1.29 is 0 Å². The van der Waals surface area contributed by atoms with Crippen LogP contribution in [-0.2, 0) is 0 Å². The van der Waals surface area contributed by atoms with Gasteiger partial charge in [0, 0.05) is 0 Å². The molecule has 0 spiro atoms. The van der Waals surface area contributed by atoms with Crippen molar-refractivity contribution in [3.63, 3.8) is 0 Å². The Morgan fingerprint density at radius 1 is 0.211 bits per heavy atom. The lowest BCUT2D eigenvalue weighted by Crippen LogP contribution is -1.90. The Morgan fingerprint density at radius 2 is 0.711 bits per heavy atom. The zero-order chi connectivity index (χ0) is 25.1. The van der Waals surface area contributed by atoms with Gasteiger partial charge < -0.3 is 0 Å². The minimum atomic E-state index is 1.26. The molecule has 0 heterocycles. The average molecular weight is 481 g/mol. The van der Waals surface area contributed by atoms with Crippen LogP contribution in [0.25, 0.3) is 76.1 Å². The lowest BCUT2D eigenvalue weighted by molar-refractivity contribution is 1.65. The van der Waals surface area contributed by atoms with E-state index in [1.807, 2.05) is 0 Å². The lowest BCUT2D eigenvalue weighted by Gasteiger charge is -2.17. The first-order valence-electron chi connectivity index (χ1n) is 13.2. The van der Waals surface area contributed by atoms with Crippen LogP contribution in [0.5, 0.6) is 0 Å². The van der Waals surface area contributed by atoms with Crippen LogP contribution in [0, 0.1) is 0 Å². The number of rotatable bonds is 2. The molecule has 0 saturated heterocycles. The Morgan fingerprint density at radius 3 is 1.50 bits per heavy atom. The Hall–Kier alpha value is -4.94. The fourth-order valence-corrected chi connectivity index (χ4v) is 6.16. The van der Waals surface area contributed by atoms with Gasteiger partial charge in [0.2, 0.25) is 0 Å². The average Bonchev–Trinajstić information content (AvgIpc) is 2.98. The maximum absolute atomic E-state index is 2.43. The van der Waals surface area contributed by atoms with Gasteiger partial charge in [-0.05, 0) is 100 Å². The highest BCUT2D eigenvalue weighted by Crippen LogP contribution is 2.43. The summed E-state index contributed by atoms with van der Waals surface area (Å²) in [5.74, 6) is 0. The monoisotopic (exact) mass is 480 g/mol. The van der Waals surface area contributed by atoms with Crippen molar-refractivity contribution >= 4 is 53.9 Å². The van der Waals surface area contributed by atoms with Crippen LogP contribution >= 0.6 is 0 Å². The highest BCUT2D eigenvalue weighted by Gasteiger charge is 2.16. The van der Waals surface area contributed by atoms with E-state index in [0.29, 0.717) is 0 Å². The van der Waals surface area contributed by atoms with Crippen molar-refractivity contribution in [2.24, 2.45) is 0 Å². The first-order valence-corrected chi connectivity index (χ1v) is 13.2. The van der Waals surface area contributed by atoms with Gasteiger partial charge in [-0.3, -0.25) is 0 Å². The number of fused-ring (bicyclic) bond motifs is 6. The van der Waals surface area contributed by atoms with E-state index in [2.05, 4.69) is 146 Å². The normalized spacial score (nSPS) is 11.7. The highest BCUT2D eigenvalue weighted by atomic mass is 14.2. The first-order chi connectivity index (χ1) is 18.8. The van der Waals surface area contributed by atoms with E-state index in [4.69, 9.17) is 0 Å². The summed E-state index contributed by atoms with van der Waals surface area (Å²) in [5, 5.41) is 12.8. The van der Waals surface area contributed by atoms with Crippen molar-refractivity contribution in [1.82, 2.24) is 0 Å². The van der Waals surface area contributed by atoms with E-state index in [1.165, 1.54) is 76.1 Å². The van der Waals surface area contributed by atoms with E-state index in [9.17, 15) is 0 Å². The van der Waals surface area contributed by atoms with Crippen molar-refractivity contribution in [3.05, 3.63) is 146 Å². The molecule has 0 saturated carbocycles. The number of hydrogen-bond donors (Lipinski definition) is 0. The van der Waals surface area contributed by atoms with Gasteiger partial charge in [-0.25, -0.2) is 0 Å². The quantitative estimate of drug-likeness (QED) is 0.170. The van der Waals surface area contributed by atoms with Gasteiger partial charge in [0.05, 0.1) is 0 Å². The van der Waals surface area contributed by atoms with Crippen molar-refractivity contribution in [3.8, 4) is 22.3 Å². The van der Waals surface area contributed by atoms with Gasteiger partial charge in [0.15, 0.2) is 0 Å². The second kappa shape index (κ2) is 8.30. The fraction of sp³-hybridized carbons (Fsp3) is 0. The summed E-state index contributed by atoms with van der Waals surface area (Å²) in [5.41, 5.74) is 5.08. The largest absolute Gasteiger partial charge is 0.0616 e. The standard InChI is InChI=1S/C38H24/c1-2-12-28-22-35-29(21-27(28)11-1)14-8-18-34(35)37-23-30-20-19-26-10-4-6-16-32(26)36(30)24-38(37)33-17-7-13-25-9-3-5-15-31(25)33/h1-24H. The molecule has 0 aliphatic rings. The third-order valence-electron chi connectivity index (χ3n) is 8.00. The molecule has 0 N–H and O–H groups in total. The van der Waals surface area contributed by atoms with Crippen LogP contribution in [0.15, 0.2) is 146 Å². The summed E-state index contributed by atoms with van der Waals surface area (Å²) in [7, 11) is 0. The Labute approximate surface area is 221 Å². The van der Waals surface area contributed by atoms with Gasteiger partial charge >= 0.3 is 0 Å². The molecule has 0 unspecified atom stereocenters. The second-order valence-electron chi connectivity index (χ2n) is 10.2. The van der Waals surface area contributed by atoms with E-state index in [0.717, 1.165) is 0 Å². The van der Waals surface area contributed by atoms with Gasteiger partial charge in [-0.2, -0.15) is 0 Å². The zero-order valence-corrected chi connectivity index (χ0v) is 20.9. The second-order valence-corrected chi connectivity index (χ2v) is 10.2. The summed E-state index contributed by atoms with van der Waals surface area (Å²) in [6, 6.07) is 53.5. The van der Waals surface area contributed by atoms with Crippen LogP contribution in [-0.4, -0.2) is 0 Å². The van der Waals surface area contributed by atoms with Crippen molar-refractivity contribution in [1.29, 1.82) is 0 Å². The molecule has 0 aliphatic carbocycles. The zero-order valence-electron chi connectivity index (χ0n) is 20.9. The molecular formula is C38H24. The summed E-state index contributed by atoms with van der Waals surface area (Å²) in [6.45, 7) is 0. The molecule has 8 aromatic rings. The maximum atomic E-state index is 2.43. The molecule has 176 valence electrons. The van der Waals surface area contributed by atoms with Crippen LogP contribution in [0.3, 0.4) is 0 Å². The predicted molar refractivity (Wildman–Crippen MR) is 165 cm³/mol. The Kier molecular flexibility index (Phi) is 4.62. The van der Waals surface area contributed by atoms with E-state index in [1.54, 1.807) is 0 Å². The van der Waals surface area contributed by atoms with Crippen LogP contribution in [0.2, 0.25) is 0 Å². The van der Waals surface area contributed by atoms with Crippen molar-refractivity contribution in [2.45, 2.75) is 0 Å². The molecular weight excluding hydrogens is 456 g/mol. The molecule has 38 heavy (non-hydrogen) atoms. The highest BCUT2D eigenvalue weighted by molar-refractivity contribution is 6.15. The minimum Gasteiger partial charge on any atom is -0.0616 e. The lowest BCUT2D eigenvalue weighted by atomic mass is 9.86. The Bertz CT molecular complexity index is 2180. The van der Waals surface area contributed by atoms with E-state index < -0.39 is 0 Å². The third-order valence-corrected chi connectivity index (χ3v) is 8.00. The summed E-state index contributed by atoms with van der Waals surface area (Å²) in [4.78, 5) is 0. The molecule has 8 rings (SSSR count). The van der Waals surface area contributed by atoms with Crippen LogP contribution in [0.4, 0.5) is 0 Å². The molecule has 0 heteroatoms. The van der Waals surface area contributed by atoms with Gasteiger partial charge in [0.25, 0.3) is 0 Å². The Balaban J connectivity index is 1.53. The molecule has 0 aromatic heterocycles. The minimum absolute atomic E-state index is 1.26. The molecule has 0 nitrogen and oxygen atoms in total. The third kappa shape index (κ3) is 3.24. The van der Waals surface area contributed by atoms with Crippen LogP contribution < -0.4 is 0 Å². The molecule has 0 fully saturated rings. The summed E-state index contributed by atoms with van der Waals surface area (Å²) < 4.78 is 0. The number of hydrogen-bond acceptors (Lipinski definition) is 0.